The minimum absolute atomic E-state index is 0.0211. The number of nitrogens with zero attached hydrogens (tertiary/aromatic N) is 1. The van der Waals surface area contributed by atoms with Crippen LogP contribution in [-0.4, -0.2) is 29.5 Å². The van der Waals surface area contributed by atoms with Crippen molar-refractivity contribution >= 4 is 17.2 Å². The zero-order valence-corrected chi connectivity index (χ0v) is 21.4. The van der Waals surface area contributed by atoms with Crippen molar-refractivity contribution in [1.82, 2.24) is 5.53 Å². The second kappa shape index (κ2) is 9.82. The van der Waals surface area contributed by atoms with Gasteiger partial charge in [-0.2, -0.15) is 0 Å². The monoisotopic (exact) mass is 507 g/mol. The fourth-order valence-electron chi connectivity index (χ4n) is 8.32. The number of hydrazine groups is 2. The number of hydrogen-bond acceptors (Lipinski definition) is 5. The number of benzene rings is 1. The summed E-state index contributed by atoms with van der Waals surface area (Å²) in [7, 11) is 0. The van der Waals surface area contributed by atoms with E-state index in [0.717, 1.165) is 50.6 Å². The van der Waals surface area contributed by atoms with Crippen LogP contribution in [0.25, 0.3) is 0 Å². The van der Waals surface area contributed by atoms with Gasteiger partial charge in [-0.3, -0.25) is 9.80 Å². The molecule has 5 rings (SSSR count). The maximum absolute atomic E-state index is 13.8. The van der Waals surface area contributed by atoms with Crippen molar-refractivity contribution in [3.8, 4) is 0 Å². The Bertz CT molecular complexity index is 977. The number of anilines is 2. The number of fused-ring (bicyclic) bond motifs is 4. The topological polar surface area (TPSA) is 64.6 Å². The van der Waals surface area contributed by atoms with Crippen molar-refractivity contribution in [3.63, 3.8) is 0 Å². The summed E-state index contributed by atoms with van der Waals surface area (Å²) < 4.78 is 40.7. The summed E-state index contributed by atoms with van der Waals surface area (Å²) in [6.07, 6.45) is 5.43. The Labute approximate surface area is 212 Å². The lowest BCUT2D eigenvalue weighted by molar-refractivity contribution is -0.128. The smallest absolute Gasteiger partial charge is 0.266 e. The van der Waals surface area contributed by atoms with Gasteiger partial charge in [0.25, 0.3) is 6.43 Å². The van der Waals surface area contributed by atoms with Gasteiger partial charge in [-0.1, -0.05) is 26.7 Å². The van der Waals surface area contributed by atoms with Crippen molar-refractivity contribution in [2.24, 2.45) is 35.0 Å². The van der Waals surface area contributed by atoms with Crippen molar-refractivity contribution in [1.29, 1.82) is 0 Å². The summed E-state index contributed by atoms with van der Waals surface area (Å²) in [6, 6.07) is 4.50. The highest BCUT2D eigenvalue weighted by atomic mass is 19.3. The molecule has 0 amide bonds. The van der Waals surface area contributed by atoms with Crippen molar-refractivity contribution in [2.75, 3.05) is 17.0 Å². The first-order valence-corrected chi connectivity index (χ1v) is 13.8. The second-order valence-corrected chi connectivity index (χ2v) is 12.0. The van der Waals surface area contributed by atoms with Gasteiger partial charge in [-0.15, -0.1) is 5.53 Å². The van der Waals surface area contributed by atoms with E-state index in [2.05, 4.69) is 17.9 Å². The Kier molecular flexibility index (Phi) is 7.05. The maximum atomic E-state index is 13.8. The molecule has 0 saturated heterocycles. The number of nitrogens with one attached hydrogen (secondary N) is 2. The third kappa shape index (κ3) is 4.42. The summed E-state index contributed by atoms with van der Waals surface area (Å²) in [6.45, 7) is 4.12. The molecule has 0 spiro atoms. The normalized spacial score (nSPS) is 35.1. The largest absolute Gasteiger partial charge is 0.384 e. The van der Waals surface area contributed by atoms with Crippen LogP contribution in [0.2, 0.25) is 0 Å². The second-order valence-electron chi connectivity index (χ2n) is 12.0. The standard InChI is InChI=1S/C28H40F3N3O2/c1-3-28(36,26(30)31)14-11-17-5-4-6-20-19(17)12-13-27(2)21(20)8-9-22(27)25(35)16-34-24-15-18(29)7-10-23(24)32-33-34/h7,10,15,17,19-22,26,32-33,36H,3-6,8-9,11-14,16H2,1-2H3. The highest BCUT2D eigenvalue weighted by molar-refractivity contribution is 5.88. The lowest BCUT2D eigenvalue weighted by Crippen LogP contribution is -2.49. The van der Waals surface area contributed by atoms with E-state index >= 15 is 0 Å². The molecule has 0 bridgehead atoms. The van der Waals surface area contributed by atoms with Crippen LogP contribution in [0.4, 0.5) is 24.5 Å². The molecule has 5 nitrogen and oxygen atoms in total. The lowest BCUT2D eigenvalue weighted by atomic mass is 9.52. The minimum Gasteiger partial charge on any atom is -0.384 e. The molecule has 36 heavy (non-hydrogen) atoms. The number of Topliss-reactive ketones (excluding diaryl/α,β-unsaturated/α-hetero) is 1. The highest BCUT2D eigenvalue weighted by Gasteiger charge is 2.57. The zero-order valence-electron chi connectivity index (χ0n) is 21.4. The molecular formula is C28H40F3N3O2. The quantitative estimate of drug-likeness (QED) is 0.397. The van der Waals surface area contributed by atoms with Crippen LogP contribution in [0, 0.1) is 40.8 Å². The van der Waals surface area contributed by atoms with Crippen LogP contribution in [0.1, 0.15) is 78.1 Å². The molecule has 1 aromatic carbocycles. The first-order valence-electron chi connectivity index (χ1n) is 13.8. The molecular weight excluding hydrogens is 467 g/mol. The molecule has 8 heteroatoms. The molecule has 1 heterocycles. The van der Waals surface area contributed by atoms with E-state index in [-0.39, 0.29) is 42.3 Å². The molecule has 7 unspecified atom stereocenters. The number of carbonyl (C=O) groups is 1. The summed E-state index contributed by atoms with van der Waals surface area (Å²) >= 11 is 0. The number of halogens is 3. The molecule has 4 aliphatic rings. The Balaban J connectivity index is 1.25. The van der Waals surface area contributed by atoms with E-state index < -0.39 is 12.0 Å². The molecule has 0 aromatic heterocycles. The zero-order chi connectivity index (χ0) is 25.7. The first-order chi connectivity index (χ1) is 17.2. The molecule has 1 aliphatic heterocycles. The molecule has 7 atom stereocenters. The highest BCUT2D eigenvalue weighted by Crippen LogP contribution is 2.63. The van der Waals surface area contributed by atoms with Crippen LogP contribution in [0.15, 0.2) is 18.2 Å². The van der Waals surface area contributed by atoms with Crippen LogP contribution in [0.3, 0.4) is 0 Å². The van der Waals surface area contributed by atoms with Gasteiger partial charge < -0.3 is 10.5 Å². The van der Waals surface area contributed by atoms with E-state index in [4.69, 9.17) is 0 Å². The van der Waals surface area contributed by atoms with Crippen molar-refractivity contribution < 1.29 is 23.1 Å². The molecule has 1 aromatic rings. The molecule has 0 radical (unpaired) electrons. The van der Waals surface area contributed by atoms with Crippen LogP contribution < -0.4 is 16.0 Å². The predicted molar refractivity (Wildman–Crippen MR) is 134 cm³/mol. The number of alkyl halides is 2. The summed E-state index contributed by atoms with van der Waals surface area (Å²) in [5.41, 5.74) is 5.49. The van der Waals surface area contributed by atoms with E-state index in [1.54, 1.807) is 18.0 Å². The Morgan fingerprint density at radius 2 is 2.03 bits per heavy atom. The molecule has 200 valence electrons. The molecule has 3 N–H and O–H groups in total. The van der Waals surface area contributed by atoms with Crippen molar-refractivity contribution in [3.05, 3.63) is 24.0 Å². The van der Waals surface area contributed by atoms with E-state index in [1.807, 2.05) is 0 Å². The van der Waals surface area contributed by atoms with Gasteiger partial charge in [-0.05, 0) is 92.6 Å². The van der Waals surface area contributed by atoms with Gasteiger partial charge >= 0.3 is 0 Å². The number of rotatable bonds is 8. The Hall–Kier alpha value is -1.80. The average molecular weight is 508 g/mol. The van der Waals surface area contributed by atoms with Crippen LogP contribution in [-0.2, 0) is 4.79 Å². The fourth-order valence-corrected chi connectivity index (χ4v) is 8.32. The minimum atomic E-state index is -2.71. The summed E-state index contributed by atoms with van der Waals surface area (Å²) in [4.78, 5) is 13.6. The first kappa shape index (κ1) is 25.8. The number of carbonyl (C=O) groups excluding carboxylic acids is 1. The van der Waals surface area contributed by atoms with Gasteiger partial charge in [0, 0.05) is 12.0 Å². The van der Waals surface area contributed by atoms with Gasteiger partial charge in [0.15, 0.2) is 5.78 Å². The van der Waals surface area contributed by atoms with E-state index in [0.29, 0.717) is 35.8 Å². The molecule has 3 fully saturated rings. The van der Waals surface area contributed by atoms with E-state index in [9.17, 15) is 23.1 Å². The SMILES string of the molecule is CCC(O)(CCC1CCCC2C1CCC1(C)C(C(=O)CN3NNc4ccc(F)cc43)CCC21)C(F)F. The Morgan fingerprint density at radius 3 is 2.78 bits per heavy atom. The maximum Gasteiger partial charge on any atom is 0.266 e. The van der Waals surface area contributed by atoms with Gasteiger partial charge in [0.05, 0.1) is 17.9 Å². The van der Waals surface area contributed by atoms with E-state index in [1.165, 1.54) is 12.1 Å². The number of aliphatic hydroxyl groups is 1. The average Bonchev–Trinajstić information content (AvgIpc) is 3.42. The summed E-state index contributed by atoms with van der Waals surface area (Å²) in [5.74, 6) is 1.73. The van der Waals surface area contributed by atoms with Crippen LogP contribution in [0.5, 0.6) is 0 Å². The molecule has 3 aliphatic carbocycles. The number of ketones is 1. The fraction of sp³-hybridized carbons (Fsp3) is 0.750. The Morgan fingerprint density at radius 1 is 1.22 bits per heavy atom. The van der Waals surface area contributed by atoms with Gasteiger partial charge in [0.2, 0.25) is 0 Å². The third-order valence-electron chi connectivity index (χ3n) is 10.5. The van der Waals surface area contributed by atoms with Gasteiger partial charge in [0.1, 0.15) is 11.4 Å². The number of hydrogen-bond donors (Lipinski definition) is 3. The van der Waals surface area contributed by atoms with Crippen molar-refractivity contribution in [2.45, 2.75) is 90.1 Å². The van der Waals surface area contributed by atoms with Gasteiger partial charge in [-0.25, -0.2) is 13.2 Å². The lowest BCUT2D eigenvalue weighted by Gasteiger charge is -2.53. The van der Waals surface area contributed by atoms with Crippen LogP contribution >= 0.6 is 0 Å². The summed E-state index contributed by atoms with van der Waals surface area (Å²) in [5, 5.41) is 12.1. The molecule has 3 saturated carbocycles. The third-order valence-corrected chi connectivity index (χ3v) is 10.5. The predicted octanol–water partition coefficient (Wildman–Crippen LogP) is 6.09.